The fourth-order valence-corrected chi connectivity index (χ4v) is 2.33. The summed E-state index contributed by atoms with van der Waals surface area (Å²) in [6, 6.07) is 11.4. The van der Waals surface area contributed by atoms with E-state index in [4.69, 9.17) is 32.4 Å². The molecule has 3 aromatic rings. The van der Waals surface area contributed by atoms with Crippen molar-refractivity contribution in [2.24, 2.45) is 0 Å². The van der Waals surface area contributed by atoms with Crippen molar-refractivity contribution in [2.45, 2.75) is 0 Å². The number of ether oxygens (including phenoxy) is 1. The Labute approximate surface area is 147 Å². The molecule has 0 unspecified atom stereocenters. The molecule has 0 spiro atoms. The number of anilines is 1. The lowest BCUT2D eigenvalue weighted by Gasteiger charge is -2.02. The van der Waals surface area contributed by atoms with Gasteiger partial charge in [0, 0.05) is 10.6 Å². The largest absolute Gasteiger partial charge is 0.497 e. The van der Waals surface area contributed by atoms with Crippen LogP contribution in [0.3, 0.4) is 0 Å². The second-order valence-corrected chi connectivity index (χ2v) is 5.56. The highest BCUT2D eigenvalue weighted by Gasteiger charge is 2.15. The van der Waals surface area contributed by atoms with Gasteiger partial charge in [-0.15, -0.1) is 5.10 Å². The van der Waals surface area contributed by atoms with Crippen LogP contribution >= 0.6 is 23.2 Å². The maximum Gasteiger partial charge on any atom is 0.322 e. The maximum absolute atomic E-state index is 12.2. The summed E-state index contributed by atoms with van der Waals surface area (Å²) in [6.07, 6.45) is 0. The van der Waals surface area contributed by atoms with E-state index in [1.165, 1.54) is 0 Å². The van der Waals surface area contributed by atoms with Crippen molar-refractivity contribution in [1.29, 1.82) is 0 Å². The summed E-state index contributed by atoms with van der Waals surface area (Å²) in [5.74, 6) is 0.430. The summed E-state index contributed by atoms with van der Waals surface area (Å²) in [4.78, 5) is 12.2. The first kappa shape index (κ1) is 16.3. The smallest absolute Gasteiger partial charge is 0.322 e. The number of methoxy groups -OCH3 is 1. The number of halogens is 2. The van der Waals surface area contributed by atoms with Crippen LogP contribution < -0.4 is 10.1 Å². The highest BCUT2D eigenvalue weighted by atomic mass is 35.5. The standard InChI is InChI=1S/C16H11Cl2N3O3/c1-23-11-5-2-9(3-6-11)14(22)19-16-21-20-15(24-16)12-8-10(17)4-7-13(12)18/h2-8H,1H3,(H,19,21,22). The molecule has 3 rings (SSSR count). The van der Waals surface area contributed by atoms with E-state index in [1.807, 2.05) is 0 Å². The predicted molar refractivity (Wildman–Crippen MR) is 90.7 cm³/mol. The molecule has 24 heavy (non-hydrogen) atoms. The third-order valence-electron chi connectivity index (χ3n) is 3.16. The molecule has 0 radical (unpaired) electrons. The van der Waals surface area contributed by atoms with Gasteiger partial charge in [0.15, 0.2) is 0 Å². The van der Waals surface area contributed by atoms with E-state index in [2.05, 4.69) is 15.5 Å². The molecule has 0 saturated carbocycles. The van der Waals surface area contributed by atoms with E-state index in [9.17, 15) is 4.79 Å². The normalized spacial score (nSPS) is 10.5. The molecule has 1 amide bonds. The number of nitrogens with one attached hydrogen (secondary N) is 1. The molecule has 122 valence electrons. The van der Waals surface area contributed by atoms with Gasteiger partial charge in [0.1, 0.15) is 5.75 Å². The predicted octanol–water partition coefficient (Wildman–Crippen LogP) is 4.30. The zero-order chi connectivity index (χ0) is 17.1. The summed E-state index contributed by atoms with van der Waals surface area (Å²) in [5.41, 5.74) is 0.915. The van der Waals surface area contributed by atoms with Gasteiger partial charge in [-0.2, -0.15) is 0 Å². The first-order valence-corrected chi connectivity index (χ1v) is 7.57. The second-order valence-electron chi connectivity index (χ2n) is 4.72. The Morgan fingerprint density at radius 3 is 2.58 bits per heavy atom. The molecule has 0 aliphatic rings. The molecule has 0 fully saturated rings. The van der Waals surface area contributed by atoms with Crippen molar-refractivity contribution < 1.29 is 13.9 Å². The van der Waals surface area contributed by atoms with Gasteiger partial charge in [-0.25, -0.2) is 0 Å². The number of hydrogen-bond acceptors (Lipinski definition) is 5. The minimum atomic E-state index is -0.384. The molecule has 0 aliphatic heterocycles. The Hall–Kier alpha value is -2.57. The van der Waals surface area contributed by atoms with Crippen LogP contribution in [-0.2, 0) is 0 Å². The number of amides is 1. The van der Waals surface area contributed by atoms with E-state index in [-0.39, 0.29) is 17.8 Å². The van der Waals surface area contributed by atoms with Crippen molar-refractivity contribution in [3.05, 3.63) is 58.1 Å². The summed E-state index contributed by atoms with van der Waals surface area (Å²) < 4.78 is 10.5. The molecular formula is C16H11Cl2N3O3. The molecule has 0 saturated heterocycles. The Morgan fingerprint density at radius 1 is 1.12 bits per heavy atom. The highest BCUT2D eigenvalue weighted by Crippen LogP contribution is 2.30. The zero-order valence-corrected chi connectivity index (χ0v) is 13.9. The first-order valence-electron chi connectivity index (χ1n) is 6.81. The summed E-state index contributed by atoms with van der Waals surface area (Å²) in [6.45, 7) is 0. The monoisotopic (exact) mass is 363 g/mol. The molecule has 8 heteroatoms. The number of aromatic nitrogens is 2. The fourth-order valence-electron chi connectivity index (χ4n) is 1.96. The summed E-state index contributed by atoms with van der Waals surface area (Å²) >= 11 is 12.0. The molecule has 0 aliphatic carbocycles. The van der Waals surface area contributed by atoms with Gasteiger partial charge < -0.3 is 9.15 Å². The van der Waals surface area contributed by atoms with Crippen molar-refractivity contribution >= 4 is 35.1 Å². The molecule has 1 aromatic heterocycles. The molecule has 6 nitrogen and oxygen atoms in total. The van der Waals surface area contributed by atoms with Gasteiger partial charge in [0.05, 0.1) is 17.7 Å². The van der Waals surface area contributed by atoms with Crippen LogP contribution in [0.5, 0.6) is 5.75 Å². The molecule has 0 atom stereocenters. The lowest BCUT2D eigenvalue weighted by atomic mass is 10.2. The maximum atomic E-state index is 12.2. The molecule has 2 aromatic carbocycles. The lowest BCUT2D eigenvalue weighted by molar-refractivity contribution is 0.102. The fraction of sp³-hybridized carbons (Fsp3) is 0.0625. The van der Waals surface area contributed by atoms with E-state index in [1.54, 1.807) is 49.6 Å². The van der Waals surface area contributed by atoms with Crippen LogP contribution in [0.2, 0.25) is 10.0 Å². The third kappa shape index (κ3) is 3.50. The third-order valence-corrected chi connectivity index (χ3v) is 3.72. The molecule has 0 bridgehead atoms. The minimum absolute atomic E-state index is 0.0399. The second kappa shape index (κ2) is 6.90. The van der Waals surface area contributed by atoms with Crippen molar-refractivity contribution in [3.8, 4) is 17.2 Å². The number of rotatable bonds is 4. The van der Waals surface area contributed by atoms with E-state index in [0.29, 0.717) is 26.9 Å². The van der Waals surface area contributed by atoms with Gasteiger partial charge >= 0.3 is 6.01 Å². The Balaban J connectivity index is 1.78. The number of nitrogens with zero attached hydrogens (tertiary/aromatic N) is 2. The summed E-state index contributed by atoms with van der Waals surface area (Å²) in [7, 11) is 1.55. The topological polar surface area (TPSA) is 77.2 Å². The zero-order valence-electron chi connectivity index (χ0n) is 12.4. The van der Waals surface area contributed by atoms with Crippen molar-refractivity contribution in [3.63, 3.8) is 0 Å². The summed E-state index contributed by atoms with van der Waals surface area (Å²) in [5, 5.41) is 11.1. The molecule has 1 N–H and O–H groups in total. The molecule has 1 heterocycles. The van der Waals surface area contributed by atoms with Crippen LogP contribution in [0.1, 0.15) is 10.4 Å². The Kier molecular flexibility index (Phi) is 4.69. The van der Waals surface area contributed by atoms with E-state index >= 15 is 0 Å². The average Bonchev–Trinajstić information content (AvgIpc) is 3.05. The first-order chi connectivity index (χ1) is 11.6. The van der Waals surface area contributed by atoms with Gasteiger partial charge in [-0.05, 0) is 42.5 Å². The van der Waals surface area contributed by atoms with E-state index in [0.717, 1.165) is 0 Å². The lowest BCUT2D eigenvalue weighted by Crippen LogP contribution is -2.11. The number of carbonyl (C=O) groups is 1. The number of hydrogen-bond donors (Lipinski definition) is 1. The van der Waals surface area contributed by atoms with Crippen LogP contribution in [0, 0.1) is 0 Å². The van der Waals surface area contributed by atoms with Crippen molar-refractivity contribution in [2.75, 3.05) is 12.4 Å². The quantitative estimate of drug-likeness (QED) is 0.747. The van der Waals surface area contributed by atoms with Gasteiger partial charge in [0.2, 0.25) is 0 Å². The van der Waals surface area contributed by atoms with E-state index < -0.39 is 0 Å². The van der Waals surface area contributed by atoms with Crippen LogP contribution in [0.4, 0.5) is 6.01 Å². The number of carbonyl (C=O) groups excluding carboxylic acids is 1. The van der Waals surface area contributed by atoms with Crippen LogP contribution in [-0.4, -0.2) is 23.2 Å². The van der Waals surface area contributed by atoms with Gasteiger partial charge in [0.25, 0.3) is 11.8 Å². The Morgan fingerprint density at radius 2 is 1.88 bits per heavy atom. The minimum Gasteiger partial charge on any atom is -0.497 e. The SMILES string of the molecule is COc1ccc(C(=O)Nc2nnc(-c3cc(Cl)ccc3Cl)o2)cc1. The number of benzene rings is 2. The Bertz CT molecular complexity index is 879. The average molecular weight is 364 g/mol. The molecular weight excluding hydrogens is 353 g/mol. The van der Waals surface area contributed by atoms with Gasteiger partial charge in [-0.3, -0.25) is 10.1 Å². The highest BCUT2D eigenvalue weighted by molar-refractivity contribution is 6.35. The van der Waals surface area contributed by atoms with Gasteiger partial charge in [-0.1, -0.05) is 28.3 Å². The van der Waals surface area contributed by atoms with Crippen LogP contribution in [0.15, 0.2) is 46.9 Å². The van der Waals surface area contributed by atoms with Crippen LogP contribution in [0.25, 0.3) is 11.5 Å². The van der Waals surface area contributed by atoms with Crippen molar-refractivity contribution in [1.82, 2.24) is 10.2 Å².